The Balaban J connectivity index is 1.62. The van der Waals surface area contributed by atoms with Crippen molar-refractivity contribution in [2.45, 2.75) is 37.7 Å². The Morgan fingerprint density at radius 1 is 1.17 bits per heavy atom. The zero-order valence-electron chi connectivity index (χ0n) is 16.5. The number of halogens is 1. The average Bonchev–Trinajstić information content (AvgIpc) is 2.70. The molecule has 0 spiro atoms. The molecule has 1 fully saturated rings. The van der Waals surface area contributed by atoms with Crippen LogP contribution in [0.15, 0.2) is 53.4 Å². The van der Waals surface area contributed by atoms with Crippen LogP contribution in [0.5, 0.6) is 5.75 Å². The maximum atomic E-state index is 12.9. The minimum atomic E-state index is -3.54. The van der Waals surface area contributed by atoms with Crippen molar-refractivity contribution in [3.63, 3.8) is 0 Å². The van der Waals surface area contributed by atoms with Gasteiger partial charge in [0.1, 0.15) is 11.6 Å². The standard InChI is InChI=1S/C21H25FN2O4S/c1-15-4-3-13-24(14-15)29(26,27)20-11-7-18(8-12-20)23-21(25)16(2)28-19-9-5-17(22)6-10-19/h5-12,15-16H,3-4,13-14H2,1-2H3,(H,23,25). The van der Waals surface area contributed by atoms with Crippen LogP contribution >= 0.6 is 0 Å². The molecule has 0 aliphatic carbocycles. The number of hydrogen-bond donors (Lipinski definition) is 1. The number of anilines is 1. The van der Waals surface area contributed by atoms with E-state index in [1.165, 1.54) is 40.7 Å². The second-order valence-corrected chi connectivity index (χ2v) is 9.28. The van der Waals surface area contributed by atoms with Crippen LogP contribution < -0.4 is 10.1 Å². The summed E-state index contributed by atoms with van der Waals surface area (Å²) in [7, 11) is -3.54. The first kappa shape index (κ1) is 21.3. The Labute approximate surface area is 170 Å². The zero-order chi connectivity index (χ0) is 21.0. The smallest absolute Gasteiger partial charge is 0.265 e. The van der Waals surface area contributed by atoms with Crippen molar-refractivity contribution in [2.75, 3.05) is 18.4 Å². The lowest BCUT2D eigenvalue weighted by molar-refractivity contribution is -0.122. The van der Waals surface area contributed by atoms with Gasteiger partial charge in [0.25, 0.3) is 5.91 Å². The van der Waals surface area contributed by atoms with Crippen molar-refractivity contribution >= 4 is 21.6 Å². The van der Waals surface area contributed by atoms with E-state index in [-0.39, 0.29) is 10.7 Å². The molecule has 29 heavy (non-hydrogen) atoms. The Hall–Kier alpha value is -2.45. The third-order valence-corrected chi connectivity index (χ3v) is 6.75. The summed E-state index contributed by atoms with van der Waals surface area (Å²) < 4.78 is 45.5. The molecule has 1 heterocycles. The van der Waals surface area contributed by atoms with Crippen LogP contribution in [0.3, 0.4) is 0 Å². The summed E-state index contributed by atoms with van der Waals surface area (Å²) in [5, 5.41) is 2.69. The number of sulfonamides is 1. The van der Waals surface area contributed by atoms with E-state index in [4.69, 9.17) is 4.74 Å². The van der Waals surface area contributed by atoms with Gasteiger partial charge in [-0.25, -0.2) is 12.8 Å². The van der Waals surface area contributed by atoms with Gasteiger partial charge in [0, 0.05) is 18.8 Å². The highest BCUT2D eigenvalue weighted by atomic mass is 32.2. The Bertz CT molecular complexity index is 946. The molecule has 2 atom stereocenters. The minimum absolute atomic E-state index is 0.209. The fourth-order valence-corrected chi connectivity index (χ4v) is 4.84. The fraction of sp³-hybridized carbons (Fsp3) is 0.381. The molecular formula is C21H25FN2O4S. The van der Waals surface area contributed by atoms with Crippen molar-refractivity contribution in [3.05, 3.63) is 54.3 Å². The van der Waals surface area contributed by atoms with Gasteiger partial charge < -0.3 is 10.1 Å². The number of carbonyl (C=O) groups is 1. The predicted molar refractivity (Wildman–Crippen MR) is 109 cm³/mol. The zero-order valence-corrected chi connectivity index (χ0v) is 17.3. The van der Waals surface area contributed by atoms with Crippen LogP contribution in [0.1, 0.15) is 26.7 Å². The number of benzene rings is 2. The third kappa shape index (κ3) is 5.33. The monoisotopic (exact) mass is 420 g/mol. The molecule has 6 nitrogen and oxygen atoms in total. The molecule has 1 saturated heterocycles. The minimum Gasteiger partial charge on any atom is -0.481 e. The molecule has 8 heteroatoms. The van der Waals surface area contributed by atoms with Gasteiger partial charge in [-0.05, 0) is 74.2 Å². The lowest BCUT2D eigenvalue weighted by Crippen LogP contribution is -2.39. The molecule has 0 aromatic heterocycles. The number of rotatable bonds is 6. The first-order chi connectivity index (χ1) is 13.8. The van der Waals surface area contributed by atoms with Crippen molar-refractivity contribution in [1.82, 2.24) is 4.31 Å². The topological polar surface area (TPSA) is 75.7 Å². The molecule has 156 valence electrons. The van der Waals surface area contributed by atoms with Gasteiger partial charge in [0.15, 0.2) is 6.10 Å². The number of piperidine rings is 1. The molecular weight excluding hydrogens is 395 g/mol. The summed E-state index contributed by atoms with van der Waals surface area (Å²) >= 11 is 0. The van der Waals surface area contributed by atoms with Crippen LogP contribution in [0, 0.1) is 11.7 Å². The van der Waals surface area contributed by atoms with Gasteiger partial charge in [-0.3, -0.25) is 4.79 Å². The molecule has 1 amide bonds. The lowest BCUT2D eigenvalue weighted by Gasteiger charge is -2.30. The van der Waals surface area contributed by atoms with Gasteiger partial charge in [0.05, 0.1) is 4.90 Å². The largest absolute Gasteiger partial charge is 0.481 e. The van der Waals surface area contributed by atoms with E-state index in [1.54, 1.807) is 19.1 Å². The highest BCUT2D eigenvalue weighted by Crippen LogP contribution is 2.24. The second kappa shape index (κ2) is 8.92. The Morgan fingerprint density at radius 3 is 2.45 bits per heavy atom. The van der Waals surface area contributed by atoms with Gasteiger partial charge in [0.2, 0.25) is 10.0 Å². The molecule has 1 N–H and O–H groups in total. The van der Waals surface area contributed by atoms with Crippen molar-refractivity contribution < 1.29 is 22.3 Å². The van der Waals surface area contributed by atoms with Crippen LogP contribution in [-0.2, 0) is 14.8 Å². The fourth-order valence-electron chi connectivity index (χ4n) is 3.24. The normalized spacial score (nSPS) is 18.8. The van der Waals surface area contributed by atoms with E-state index in [2.05, 4.69) is 12.2 Å². The van der Waals surface area contributed by atoms with E-state index in [0.29, 0.717) is 30.4 Å². The van der Waals surface area contributed by atoms with Gasteiger partial charge in [-0.2, -0.15) is 4.31 Å². The predicted octanol–water partition coefficient (Wildman–Crippen LogP) is 3.65. The van der Waals surface area contributed by atoms with Gasteiger partial charge in [-0.1, -0.05) is 6.92 Å². The molecule has 0 saturated carbocycles. The average molecular weight is 421 g/mol. The summed E-state index contributed by atoms with van der Waals surface area (Å²) in [6, 6.07) is 11.5. The van der Waals surface area contributed by atoms with Crippen LogP contribution in [0.2, 0.25) is 0 Å². The SMILES string of the molecule is CC1CCCN(S(=O)(=O)c2ccc(NC(=O)C(C)Oc3ccc(F)cc3)cc2)C1. The number of ether oxygens (including phenoxy) is 1. The van der Waals surface area contributed by atoms with E-state index < -0.39 is 22.0 Å². The molecule has 2 unspecified atom stereocenters. The summed E-state index contributed by atoms with van der Waals surface area (Å²) in [4.78, 5) is 12.5. The lowest BCUT2D eigenvalue weighted by atomic mass is 10.0. The van der Waals surface area contributed by atoms with E-state index >= 15 is 0 Å². The summed E-state index contributed by atoms with van der Waals surface area (Å²) in [6.07, 6.45) is 1.09. The van der Waals surface area contributed by atoms with Crippen molar-refractivity contribution in [2.24, 2.45) is 5.92 Å². The molecule has 2 aromatic rings. The summed E-state index contributed by atoms with van der Waals surface area (Å²) in [6.45, 7) is 4.69. The Kier molecular flexibility index (Phi) is 6.54. The summed E-state index contributed by atoms with van der Waals surface area (Å²) in [5.74, 6) is -0.0516. The Morgan fingerprint density at radius 2 is 1.83 bits per heavy atom. The quantitative estimate of drug-likeness (QED) is 0.774. The van der Waals surface area contributed by atoms with E-state index in [1.807, 2.05) is 0 Å². The van der Waals surface area contributed by atoms with Crippen molar-refractivity contribution in [1.29, 1.82) is 0 Å². The molecule has 3 rings (SSSR count). The first-order valence-electron chi connectivity index (χ1n) is 9.59. The van der Waals surface area contributed by atoms with Crippen molar-refractivity contribution in [3.8, 4) is 5.75 Å². The maximum Gasteiger partial charge on any atom is 0.265 e. The highest BCUT2D eigenvalue weighted by Gasteiger charge is 2.28. The second-order valence-electron chi connectivity index (χ2n) is 7.34. The number of nitrogens with one attached hydrogen (secondary N) is 1. The van der Waals surface area contributed by atoms with E-state index in [0.717, 1.165) is 12.8 Å². The van der Waals surface area contributed by atoms with Crippen LogP contribution in [-0.4, -0.2) is 37.8 Å². The van der Waals surface area contributed by atoms with E-state index in [9.17, 15) is 17.6 Å². The molecule has 2 aromatic carbocycles. The highest BCUT2D eigenvalue weighted by molar-refractivity contribution is 7.89. The number of carbonyl (C=O) groups excluding carboxylic acids is 1. The van der Waals surface area contributed by atoms with Crippen LogP contribution in [0.25, 0.3) is 0 Å². The number of nitrogens with zero attached hydrogens (tertiary/aromatic N) is 1. The van der Waals surface area contributed by atoms with Gasteiger partial charge >= 0.3 is 0 Å². The third-order valence-electron chi connectivity index (χ3n) is 4.88. The first-order valence-corrected chi connectivity index (χ1v) is 11.0. The molecule has 1 aliphatic heterocycles. The summed E-state index contributed by atoms with van der Waals surface area (Å²) in [5.41, 5.74) is 0.468. The van der Waals surface area contributed by atoms with Gasteiger partial charge in [-0.15, -0.1) is 0 Å². The molecule has 0 radical (unpaired) electrons. The molecule has 1 aliphatic rings. The van der Waals surface area contributed by atoms with Crippen LogP contribution in [0.4, 0.5) is 10.1 Å². The number of hydrogen-bond acceptors (Lipinski definition) is 4. The molecule has 0 bridgehead atoms. The maximum absolute atomic E-state index is 12.9. The number of amides is 1.